The molecule has 2 rings (SSSR count). The van der Waals surface area contributed by atoms with E-state index in [0.29, 0.717) is 6.04 Å². The summed E-state index contributed by atoms with van der Waals surface area (Å²) in [4.78, 5) is 4.39. The zero-order valence-electron chi connectivity index (χ0n) is 8.21. The molecule has 0 saturated heterocycles. The largest absolute Gasteiger partial charge is 0.359 e. The first-order valence-electron chi connectivity index (χ1n) is 4.92. The van der Waals surface area contributed by atoms with E-state index in [1.165, 1.54) is 19.3 Å². The second-order valence-corrected chi connectivity index (χ2v) is 4.88. The van der Waals surface area contributed by atoms with E-state index in [1.807, 2.05) is 6.92 Å². The average Bonchev–Trinajstić information content (AvgIpc) is 2.76. The van der Waals surface area contributed by atoms with Crippen LogP contribution in [0.25, 0.3) is 0 Å². The van der Waals surface area contributed by atoms with Crippen LogP contribution in [0.15, 0.2) is 5.38 Å². The third kappa shape index (κ3) is 2.69. The molecule has 2 nitrogen and oxygen atoms in total. The molecular weight excluding hydrogens is 180 g/mol. The molecule has 0 amide bonds. The molecule has 13 heavy (non-hydrogen) atoms. The van der Waals surface area contributed by atoms with Crippen LogP contribution >= 0.6 is 11.3 Å². The van der Waals surface area contributed by atoms with Crippen molar-refractivity contribution in [1.82, 2.24) is 4.98 Å². The number of thiazole rings is 1. The summed E-state index contributed by atoms with van der Waals surface area (Å²) >= 11 is 1.70. The van der Waals surface area contributed by atoms with Crippen molar-refractivity contribution in [3.63, 3.8) is 0 Å². The second-order valence-electron chi connectivity index (χ2n) is 4.02. The van der Waals surface area contributed by atoms with Crippen LogP contribution in [-0.2, 0) is 0 Å². The normalized spacial score (nSPS) is 18.6. The van der Waals surface area contributed by atoms with E-state index in [2.05, 4.69) is 22.6 Å². The fourth-order valence-electron chi connectivity index (χ4n) is 1.54. The van der Waals surface area contributed by atoms with Crippen molar-refractivity contribution < 1.29 is 0 Å². The molecule has 0 bridgehead atoms. The molecular formula is C10H16N2S. The Balaban J connectivity index is 1.82. The fraction of sp³-hybridized carbons (Fsp3) is 0.700. The van der Waals surface area contributed by atoms with Crippen LogP contribution in [-0.4, -0.2) is 11.0 Å². The topological polar surface area (TPSA) is 24.9 Å². The summed E-state index contributed by atoms with van der Waals surface area (Å²) in [6.07, 6.45) is 4.17. The van der Waals surface area contributed by atoms with Crippen LogP contribution in [0.1, 0.15) is 31.9 Å². The Bertz CT molecular complexity index is 278. The lowest BCUT2D eigenvalue weighted by Gasteiger charge is -2.11. The number of hydrogen-bond acceptors (Lipinski definition) is 3. The minimum absolute atomic E-state index is 0.582. The Hall–Kier alpha value is -0.570. The van der Waals surface area contributed by atoms with Crippen molar-refractivity contribution >= 4 is 16.5 Å². The molecule has 1 aromatic heterocycles. The van der Waals surface area contributed by atoms with Gasteiger partial charge in [-0.15, -0.1) is 11.3 Å². The molecule has 0 radical (unpaired) electrons. The Labute approximate surface area is 83.4 Å². The standard InChI is InChI=1S/C10H16N2S/c1-7(5-9-3-4-9)11-10-12-8(2)6-13-10/h6-7,9H,3-5H2,1-2H3,(H,11,12). The van der Waals surface area contributed by atoms with Crippen molar-refractivity contribution in [2.75, 3.05) is 5.32 Å². The lowest BCUT2D eigenvalue weighted by molar-refractivity contribution is 0.641. The van der Waals surface area contributed by atoms with Gasteiger partial charge in [0.2, 0.25) is 0 Å². The quantitative estimate of drug-likeness (QED) is 0.800. The monoisotopic (exact) mass is 196 g/mol. The number of aromatic nitrogens is 1. The molecule has 0 aliphatic heterocycles. The molecule has 3 heteroatoms. The van der Waals surface area contributed by atoms with Crippen molar-refractivity contribution in [3.8, 4) is 0 Å². The van der Waals surface area contributed by atoms with Gasteiger partial charge in [-0.25, -0.2) is 4.98 Å². The van der Waals surface area contributed by atoms with E-state index in [0.717, 1.165) is 16.7 Å². The van der Waals surface area contributed by atoms with Gasteiger partial charge in [0.05, 0.1) is 5.69 Å². The van der Waals surface area contributed by atoms with E-state index in [-0.39, 0.29) is 0 Å². The molecule has 1 unspecified atom stereocenters. The van der Waals surface area contributed by atoms with E-state index in [9.17, 15) is 0 Å². The third-order valence-electron chi connectivity index (χ3n) is 2.37. The summed E-state index contributed by atoms with van der Waals surface area (Å²) in [6.45, 7) is 4.28. The van der Waals surface area contributed by atoms with Crippen LogP contribution in [0.2, 0.25) is 0 Å². The molecule has 1 heterocycles. The number of nitrogens with zero attached hydrogens (tertiary/aromatic N) is 1. The number of rotatable bonds is 4. The van der Waals surface area contributed by atoms with E-state index < -0.39 is 0 Å². The SMILES string of the molecule is Cc1csc(NC(C)CC2CC2)n1. The molecule has 1 N–H and O–H groups in total. The summed E-state index contributed by atoms with van der Waals surface area (Å²) in [6, 6.07) is 0.582. The smallest absolute Gasteiger partial charge is 0.183 e. The van der Waals surface area contributed by atoms with Crippen LogP contribution in [0.4, 0.5) is 5.13 Å². The Morgan fingerprint density at radius 3 is 3.00 bits per heavy atom. The maximum Gasteiger partial charge on any atom is 0.183 e. The molecule has 1 aromatic rings. The van der Waals surface area contributed by atoms with Crippen LogP contribution in [0.3, 0.4) is 0 Å². The molecule has 1 aliphatic carbocycles. The van der Waals surface area contributed by atoms with Crippen LogP contribution in [0, 0.1) is 12.8 Å². The molecule has 0 aromatic carbocycles. The minimum atomic E-state index is 0.582. The molecule has 1 aliphatic rings. The van der Waals surface area contributed by atoms with Gasteiger partial charge in [-0.05, 0) is 26.2 Å². The summed E-state index contributed by atoms with van der Waals surface area (Å²) in [5.41, 5.74) is 1.12. The highest BCUT2D eigenvalue weighted by atomic mass is 32.1. The van der Waals surface area contributed by atoms with Gasteiger partial charge in [0.1, 0.15) is 0 Å². The summed E-state index contributed by atoms with van der Waals surface area (Å²) in [5.74, 6) is 0.989. The summed E-state index contributed by atoms with van der Waals surface area (Å²) in [7, 11) is 0. The maximum atomic E-state index is 4.39. The number of nitrogens with one attached hydrogen (secondary N) is 1. The number of anilines is 1. The Morgan fingerprint density at radius 2 is 2.46 bits per heavy atom. The zero-order chi connectivity index (χ0) is 9.26. The van der Waals surface area contributed by atoms with Gasteiger partial charge >= 0.3 is 0 Å². The summed E-state index contributed by atoms with van der Waals surface area (Å²) in [5, 5.41) is 6.61. The molecule has 1 saturated carbocycles. The predicted molar refractivity (Wildman–Crippen MR) is 57.3 cm³/mol. The Morgan fingerprint density at radius 1 is 1.69 bits per heavy atom. The van der Waals surface area contributed by atoms with Crippen molar-refractivity contribution in [2.45, 2.75) is 39.2 Å². The van der Waals surface area contributed by atoms with Crippen molar-refractivity contribution in [3.05, 3.63) is 11.1 Å². The maximum absolute atomic E-state index is 4.39. The van der Waals surface area contributed by atoms with Gasteiger partial charge in [0.25, 0.3) is 0 Å². The third-order valence-corrected chi connectivity index (χ3v) is 3.26. The Kier molecular flexibility index (Phi) is 2.54. The highest BCUT2D eigenvalue weighted by Gasteiger charge is 2.23. The van der Waals surface area contributed by atoms with E-state index >= 15 is 0 Å². The van der Waals surface area contributed by atoms with Gasteiger partial charge in [0, 0.05) is 11.4 Å². The molecule has 0 spiro atoms. The van der Waals surface area contributed by atoms with Gasteiger partial charge in [-0.3, -0.25) is 0 Å². The van der Waals surface area contributed by atoms with Gasteiger partial charge in [-0.1, -0.05) is 12.8 Å². The first kappa shape index (κ1) is 9.00. The highest BCUT2D eigenvalue weighted by Crippen LogP contribution is 2.34. The fourth-order valence-corrected chi connectivity index (χ4v) is 2.34. The highest BCUT2D eigenvalue weighted by molar-refractivity contribution is 7.13. The van der Waals surface area contributed by atoms with Gasteiger partial charge in [-0.2, -0.15) is 0 Å². The minimum Gasteiger partial charge on any atom is -0.359 e. The number of aryl methyl sites for hydroxylation is 1. The van der Waals surface area contributed by atoms with Crippen molar-refractivity contribution in [2.24, 2.45) is 5.92 Å². The summed E-state index contributed by atoms with van der Waals surface area (Å²) < 4.78 is 0. The van der Waals surface area contributed by atoms with Crippen LogP contribution in [0.5, 0.6) is 0 Å². The zero-order valence-corrected chi connectivity index (χ0v) is 9.03. The first-order valence-corrected chi connectivity index (χ1v) is 5.80. The molecule has 1 fully saturated rings. The van der Waals surface area contributed by atoms with Gasteiger partial charge < -0.3 is 5.32 Å². The second kappa shape index (κ2) is 3.66. The van der Waals surface area contributed by atoms with E-state index in [1.54, 1.807) is 11.3 Å². The van der Waals surface area contributed by atoms with Crippen molar-refractivity contribution in [1.29, 1.82) is 0 Å². The lowest BCUT2D eigenvalue weighted by atomic mass is 10.2. The van der Waals surface area contributed by atoms with Crippen LogP contribution < -0.4 is 5.32 Å². The van der Waals surface area contributed by atoms with E-state index in [4.69, 9.17) is 0 Å². The van der Waals surface area contributed by atoms with Gasteiger partial charge in [0.15, 0.2) is 5.13 Å². The molecule has 72 valence electrons. The predicted octanol–water partition coefficient (Wildman–Crippen LogP) is 3.05. The first-order chi connectivity index (χ1) is 6.24. The average molecular weight is 196 g/mol. The number of hydrogen-bond donors (Lipinski definition) is 1. The molecule has 1 atom stereocenters. The lowest BCUT2D eigenvalue weighted by Crippen LogP contribution is -2.15.